The van der Waals surface area contributed by atoms with Crippen LogP contribution < -0.4 is 15.7 Å². The fraction of sp³-hybridized carbons (Fsp3) is 0.545. The summed E-state index contributed by atoms with van der Waals surface area (Å²) in [6.07, 6.45) is 7.65. The Hall–Kier alpha value is -2.07. The first-order valence-corrected chi connectivity index (χ1v) is 5.79. The van der Waals surface area contributed by atoms with Gasteiger partial charge >= 0.3 is 0 Å². The average molecular weight is 248 g/mol. The molecule has 0 aromatic carbocycles. The van der Waals surface area contributed by atoms with Gasteiger partial charge < -0.3 is 10.6 Å². The zero-order chi connectivity index (χ0) is 13.0. The molecule has 7 heteroatoms. The molecule has 0 aliphatic heterocycles. The van der Waals surface area contributed by atoms with Crippen LogP contribution in [0.4, 0.5) is 17.8 Å². The number of nitrogens with zero attached hydrogens (tertiary/aromatic N) is 4. The number of anilines is 3. The molecular weight excluding hydrogens is 232 g/mol. The van der Waals surface area contributed by atoms with E-state index in [1.165, 1.54) is 19.9 Å². The number of hydrogen-bond acceptors (Lipinski definition) is 7. The lowest BCUT2D eigenvalue weighted by molar-refractivity contribution is 0.272. The molecule has 0 unspecified atom stereocenters. The van der Waals surface area contributed by atoms with Crippen molar-refractivity contribution < 1.29 is 5.21 Å². The van der Waals surface area contributed by atoms with Crippen molar-refractivity contribution in [3.8, 4) is 12.3 Å². The summed E-state index contributed by atoms with van der Waals surface area (Å²) < 4.78 is 0. The lowest BCUT2D eigenvalue weighted by atomic mass is 10.4. The van der Waals surface area contributed by atoms with Crippen molar-refractivity contribution in [2.75, 3.05) is 35.8 Å². The molecular formula is C11H16N6O. The van der Waals surface area contributed by atoms with Crippen LogP contribution in [0.2, 0.25) is 0 Å². The van der Waals surface area contributed by atoms with Crippen molar-refractivity contribution in [1.82, 2.24) is 15.0 Å². The van der Waals surface area contributed by atoms with Gasteiger partial charge in [0.2, 0.25) is 11.9 Å². The van der Waals surface area contributed by atoms with Crippen LogP contribution in [-0.2, 0) is 0 Å². The van der Waals surface area contributed by atoms with Crippen LogP contribution >= 0.6 is 0 Å². The second-order valence-electron chi connectivity index (χ2n) is 4.19. The molecule has 0 saturated heterocycles. The van der Waals surface area contributed by atoms with Crippen molar-refractivity contribution in [2.24, 2.45) is 5.92 Å². The van der Waals surface area contributed by atoms with Crippen molar-refractivity contribution >= 4 is 17.8 Å². The number of nitrogens with one attached hydrogen (secondary N) is 2. The van der Waals surface area contributed by atoms with Gasteiger partial charge in [-0.2, -0.15) is 15.0 Å². The molecule has 0 atom stereocenters. The topological polar surface area (TPSA) is 86.2 Å². The molecule has 0 bridgehead atoms. The molecule has 1 aliphatic rings. The summed E-state index contributed by atoms with van der Waals surface area (Å²) in [6.45, 7) is 1.16. The van der Waals surface area contributed by atoms with Crippen molar-refractivity contribution in [2.45, 2.75) is 12.8 Å². The monoisotopic (exact) mass is 248 g/mol. The van der Waals surface area contributed by atoms with Gasteiger partial charge in [-0.3, -0.25) is 5.21 Å². The quantitative estimate of drug-likeness (QED) is 0.501. The maximum absolute atomic E-state index is 9.37. The molecule has 1 saturated carbocycles. The maximum atomic E-state index is 9.37. The van der Waals surface area contributed by atoms with E-state index in [2.05, 4.69) is 31.5 Å². The summed E-state index contributed by atoms with van der Waals surface area (Å²) >= 11 is 0. The standard InChI is InChI=1S/C11H16N6O/c1-3-6-12-9-14-10(13-7-8-4-5-8)16-11(15-9)17(2)18/h1,8,18H,4-7H2,2H3,(H2,12,13,14,15,16). The third-order valence-corrected chi connectivity index (χ3v) is 2.51. The molecule has 0 radical (unpaired) electrons. The van der Waals surface area contributed by atoms with E-state index < -0.39 is 0 Å². The third-order valence-electron chi connectivity index (χ3n) is 2.51. The minimum Gasteiger partial charge on any atom is -0.354 e. The van der Waals surface area contributed by atoms with Gasteiger partial charge in [-0.25, -0.2) is 5.06 Å². The van der Waals surface area contributed by atoms with Crippen LogP contribution in [0.25, 0.3) is 0 Å². The van der Waals surface area contributed by atoms with Gasteiger partial charge in [0.15, 0.2) is 0 Å². The highest BCUT2D eigenvalue weighted by atomic mass is 16.5. The second kappa shape index (κ2) is 5.51. The zero-order valence-corrected chi connectivity index (χ0v) is 10.2. The Balaban J connectivity index is 2.10. The first-order valence-electron chi connectivity index (χ1n) is 5.79. The molecule has 1 heterocycles. The Bertz CT molecular complexity index is 451. The molecule has 18 heavy (non-hydrogen) atoms. The summed E-state index contributed by atoms with van der Waals surface area (Å²) in [5, 5.41) is 16.2. The van der Waals surface area contributed by atoms with Gasteiger partial charge in [0.25, 0.3) is 5.95 Å². The van der Waals surface area contributed by atoms with Crippen LogP contribution in [-0.4, -0.2) is 40.3 Å². The minimum atomic E-state index is 0.169. The minimum absolute atomic E-state index is 0.169. The summed E-state index contributed by atoms with van der Waals surface area (Å²) in [5.41, 5.74) is 0. The Labute approximate surface area is 106 Å². The van der Waals surface area contributed by atoms with E-state index in [9.17, 15) is 5.21 Å². The van der Waals surface area contributed by atoms with Crippen molar-refractivity contribution in [1.29, 1.82) is 0 Å². The SMILES string of the molecule is C#CCNc1nc(NCC2CC2)nc(N(C)O)n1. The molecule has 1 aromatic rings. The lowest BCUT2D eigenvalue weighted by Crippen LogP contribution is -2.18. The second-order valence-corrected chi connectivity index (χ2v) is 4.19. The highest BCUT2D eigenvalue weighted by Gasteiger charge is 2.21. The van der Waals surface area contributed by atoms with Crippen LogP contribution in [0, 0.1) is 18.3 Å². The van der Waals surface area contributed by atoms with E-state index in [1.807, 2.05) is 0 Å². The molecule has 1 fully saturated rings. The number of rotatable bonds is 6. The van der Waals surface area contributed by atoms with E-state index in [-0.39, 0.29) is 5.95 Å². The smallest absolute Gasteiger partial charge is 0.255 e. The van der Waals surface area contributed by atoms with Crippen LogP contribution in [0.15, 0.2) is 0 Å². The van der Waals surface area contributed by atoms with Crippen molar-refractivity contribution in [3.05, 3.63) is 0 Å². The predicted molar refractivity (Wildman–Crippen MR) is 68.6 cm³/mol. The first-order chi connectivity index (χ1) is 8.69. The van der Waals surface area contributed by atoms with Crippen LogP contribution in [0.3, 0.4) is 0 Å². The van der Waals surface area contributed by atoms with Gasteiger partial charge in [-0.05, 0) is 18.8 Å². The Morgan fingerprint density at radius 2 is 2.00 bits per heavy atom. The highest BCUT2D eigenvalue weighted by Crippen LogP contribution is 2.28. The van der Waals surface area contributed by atoms with E-state index in [0.29, 0.717) is 24.4 Å². The summed E-state index contributed by atoms with van der Waals surface area (Å²) in [5.74, 6) is 4.10. The lowest BCUT2D eigenvalue weighted by Gasteiger charge is -2.12. The number of terminal acetylenes is 1. The Morgan fingerprint density at radius 3 is 2.56 bits per heavy atom. The van der Waals surface area contributed by atoms with E-state index in [0.717, 1.165) is 11.6 Å². The average Bonchev–Trinajstić information content (AvgIpc) is 3.17. The molecule has 0 amide bonds. The highest BCUT2D eigenvalue weighted by molar-refractivity contribution is 5.42. The summed E-state index contributed by atoms with van der Waals surface area (Å²) in [6, 6.07) is 0. The number of hydroxylamine groups is 1. The largest absolute Gasteiger partial charge is 0.354 e. The number of hydrogen-bond donors (Lipinski definition) is 3. The van der Waals surface area contributed by atoms with Gasteiger partial charge in [-0.15, -0.1) is 6.42 Å². The maximum Gasteiger partial charge on any atom is 0.255 e. The molecule has 3 N–H and O–H groups in total. The number of aromatic nitrogens is 3. The van der Waals surface area contributed by atoms with E-state index in [4.69, 9.17) is 6.42 Å². The normalized spacial score (nSPS) is 13.8. The summed E-state index contributed by atoms with van der Waals surface area (Å²) in [4.78, 5) is 12.3. The Morgan fingerprint density at radius 1 is 1.33 bits per heavy atom. The van der Waals surface area contributed by atoms with Gasteiger partial charge in [-0.1, -0.05) is 5.92 Å². The van der Waals surface area contributed by atoms with Crippen LogP contribution in [0.1, 0.15) is 12.8 Å². The Kier molecular flexibility index (Phi) is 3.79. The van der Waals surface area contributed by atoms with Gasteiger partial charge in [0.05, 0.1) is 6.54 Å². The predicted octanol–water partition coefficient (Wildman–Crippen LogP) is 0.564. The fourth-order valence-electron chi connectivity index (χ4n) is 1.36. The first kappa shape index (κ1) is 12.4. The molecule has 0 spiro atoms. The van der Waals surface area contributed by atoms with E-state index >= 15 is 0 Å². The van der Waals surface area contributed by atoms with Crippen molar-refractivity contribution in [3.63, 3.8) is 0 Å². The fourth-order valence-corrected chi connectivity index (χ4v) is 1.36. The van der Waals surface area contributed by atoms with E-state index in [1.54, 1.807) is 0 Å². The summed E-state index contributed by atoms with van der Waals surface area (Å²) in [7, 11) is 1.45. The molecule has 1 aliphatic carbocycles. The van der Waals surface area contributed by atoms with Crippen LogP contribution in [0.5, 0.6) is 0 Å². The molecule has 2 rings (SSSR count). The van der Waals surface area contributed by atoms with Gasteiger partial charge in [0, 0.05) is 13.6 Å². The zero-order valence-electron chi connectivity index (χ0n) is 10.2. The molecule has 96 valence electrons. The molecule has 1 aromatic heterocycles. The van der Waals surface area contributed by atoms with Gasteiger partial charge in [0.1, 0.15) is 0 Å². The molecule has 7 nitrogen and oxygen atoms in total. The third kappa shape index (κ3) is 3.46.